The first-order valence-corrected chi connectivity index (χ1v) is 15.1. The molecule has 2 saturated heterocycles. The summed E-state index contributed by atoms with van der Waals surface area (Å²) in [6, 6.07) is 13.2. The molecule has 2 aliphatic heterocycles. The Labute approximate surface area is 229 Å². The lowest BCUT2D eigenvalue weighted by Gasteiger charge is -2.34. The number of nitrogens with zero attached hydrogens (tertiary/aromatic N) is 1. The van der Waals surface area contributed by atoms with Crippen molar-refractivity contribution in [2.75, 3.05) is 43.8 Å². The number of carbonyl (C=O) groups is 2. The van der Waals surface area contributed by atoms with E-state index in [0.717, 1.165) is 24.8 Å². The fourth-order valence-corrected chi connectivity index (χ4v) is 6.73. The molecule has 2 aliphatic rings. The highest BCUT2D eigenvalue weighted by atomic mass is 32.2. The van der Waals surface area contributed by atoms with Crippen LogP contribution in [0.3, 0.4) is 0 Å². The van der Waals surface area contributed by atoms with Crippen LogP contribution >= 0.6 is 0 Å². The second-order valence-electron chi connectivity index (χ2n) is 10.5. The molecule has 10 nitrogen and oxygen atoms in total. The first-order chi connectivity index (χ1) is 18.7. The number of benzene rings is 2. The molecule has 2 aromatic rings. The van der Waals surface area contributed by atoms with Crippen molar-refractivity contribution >= 4 is 33.2 Å². The minimum Gasteiger partial charge on any atom is -0.384 e. The van der Waals surface area contributed by atoms with E-state index >= 15 is 0 Å². The molecule has 2 fully saturated rings. The molecular weight excluding hydrogens is 516 g/mol. The maximum Gasteiger partial charge on any atom is 0.230 e. The fourth-order valence-electron chi connectivity index (χ4n) is 5.15. The van der Waals surface area contributed by atoms with Crippen LogP contribution in [0.25, 0.3) is 0 Å². The third-order valence-electron chi connectivity index (χ3n) is 7.60. The van der Waals surface area contributed by atoms with E-state index in [1.54, 1.807) is 35.2 Å². The molecule has 0 radical (unpaired) electrons. The van der Waals surface area contributed by atoms with Gasteiger partial charge in [-0.1, -0.05) is 24.3 Å². The summed E-state index contributed by atoms with van der Waals surface area (Å²) in [6.45, 7) is 2.96. The predicted octanol–water partition coefficient (Wildman–Crippen LogP) is 1.35. The van der Waals surface area contributed by atoms with Gasteiger partial charge in [0.05, 0.1) is 22.5 Å². The highest BCUT2D eigenvalue weighted by molar-refractivity contribution is 7.91. The molecule has 210 valence electrons. The van der Waals surface area contributed by atoms with E-state index in [1.807, 2.05) is 6.07 Å². The lowest BCUT2D eigenvalue weighted by atomic mass is 9.92. The third kappa shape index (κ3) is 7.43. The summed E-state index contributed by atoms with van der Waals surface area (Å²) in [6.07, 6.45) is 2.82. The Bertz CT molecular complexity index is 1300. The summed E-state index contributed by atoms with van der Waals surface area (Å²) in [5.41, 5.74) is 13.0. The molecule has 11 heteroatoms. The number of amidine groups is 1. The number of sulfone groups is 1. The van der Waals surface area contributed by atoms with Crippen LogP contribution in [0.15, 0.2) is 53.4 Å². The van der Waals surface area contributed by atoms with Crippen molar-refractivity contribution in [1.82, 2.24) is 10.2 Å². The molecule has 0 unspecified atom stereocenters. The van der Waals surface area contributed by atoms with Gasteiger partial charge in [0, 0.05) is 37.4 Å². The number of rotatable bonds is 11. The summed E-state index contributed by atoms with van der Waals surface area (Å²) >= 11 is 0. The SMILES string of the molecule is N=C(N)c1cccc(C[C@H](CS(=O)(=O)c2cccc(NC(=O)C3CNC3)c2)C(=O)N2CCC(CCN)CC2)c1. The van der Waals surface area contributed by atoms with E-state index in [2.05, 4.69) is 10.6 Å². The Balaban J connectivity index is 1.55. The van der Waals surface area contributed by atoms with Crippen molar-refractivity contribution in [1.29, 1.82) is 5.41 Å². The van der Waals surface area contributed by atoms with Crippen molar-refractivity contribution < 1.29 is 18.0 Å². The minimum atomic E-state index is -3.87. The van der Waals surface area contributed by atoms with Gasteiger partial charge >= 0.3 is 0 Å². The first-order valence-electron chi connectivity index (χ1n) is 13.4. The highest BCUT2D eigenvalue weighted by Crippen LogP contribution is 2.26. The van der Waals surface area contributed by atoms with E-state index in [1.165, 1.54) is 12.1 Å². The molecule has 0 bridgehead atoms. The molecular formula is C28H38N6O4S. The van der Waals surface area contributed by atoms with Crippen molar-refractivity contribution in [2.45, 2.75) is 30.6 Å². The van der Waals surface area contributed by atoms with Gasteiger partial charge in [0.15, 0.2) is 9.84 Å². The lowest BCUT2D eigenvalue weighted by Crippen LogP contribution is -2.48. The molecule has 2 amide bonds. The lowest BCUT2D eigenvalue weighted by molar-refractivity contribution is -0.136. The smallest absolute Gasteiger partial charge is 0.230 e. The number of piperidine rings is 1. The zero-order chi connectivity index (χ0) is 28.0. The van der Waals surface area contributed by atoms with Crippen LogP contribution in [-0.2, 0) is 25.8 Å². The second kappa shape index (κ2) is 12.7. The number of likely N-dealkylation sites (tertiary alicyclic amines) is 1. The fraction of sp³-hybridized carbons (Fsp3) is 0.464. The standard InChI is InChI=1S/C28H38N6O4S/c29-10-7-19-8-11-34(12-9-19)28(36)22(14-20-3-1-4-21(13-20)26(30)31)18-39(37,38)25-6-2-5-24(15-25)33-27(35)23-16-32-17-23/h1-6,13,15,19,22-23,32H,7-12,14,16-18,29H2,(H3,30,31)(H,33,35)/t22-/m1/s1. The third-order valence-corrected chi connectivity index (χ3v) is 9.42. The van der Waals surface area contributed by atoms with Crippen molar-refractivity contribution in [3.8, 4) is 0 Å². The number of nitrogens with two attached hydrogens (primary N) is 2. The number of amides is 2. The van der Waals surface area contributed by atoms with Crippen molar-refractivity contribution in [2.24, 2.45) is 29.2 Å². The number of nitrogens with one attached hydrogen (secondary N) is 3. The zero-order valence-corrected chi connectivity index (χ0v) is 22.9. The van der Waals surface area contributed by atoms with Crippen LogP contribution in [0.2, 0.25) is 0 Å². The Morgan fingerprint density at radius 1 is 1.10 bits per heavy atom. The molecule has 2 aromatic carbocycles. The van der Waals surface area contributed by atoms with Gasteiger partial charge in [-0.05, 0) is 68.0 Å². The Morgan fingerprint density at radius 2 is 1.82 bits per heavy atom. The average Bonchev–Trinajstić information content (AvgIpc) is 2.87. The van der Waals surface area contributed by atoms with Crippen molar-refractivity contribution in [3.63, 3.8) is 0 Å². The van der Waals surface area contributed by atoms with Gasteiger partial charge in [0.25, 0.3) is 0 Å². The largest absolute Gasteiger partial charge is 0.384 e. The van der Waals surface area contributed by atoms with E-state index in [0.29, 0.717) is 49.9 Å². The van der Waals surface area contributed by atoms with E-state index in [-0.39, 0.29) is 40.6 Å². The molecule has 1 atom stereocenters. The van der Waals surface area contributed by atoms with E-state index in [9.17, 15) is 18.0 Å². The van der Waals surface area contributed by atoms with Crippen LogP contribution in [0.5, 0.6) is 0 Å². The topological polar surface area (TPSA) is 171 Å². The number of hydrogen-bond donors (Lipinski definition) is 5. The zero-order valence-electron chi connectivity index (χ0n) is 22.1. The predicted molar refractivity (Wildman–Crippen MR) is 151 cm³/mol. The second-order valence-corrected chi connectivity index (χ2v) is 12.5. The normalized spacial score (nSPS) is 17.3. The van der Waals surface area contributed by atoms with Gasteiger partial charge in [-0.3, -0.25) is 15.0 Å². The number of nitrogen functional groups attached to an aromatic ring is 1. The average molecular weight is 555 g/mol. The van der Waals surface area contributed by atoms with E-state index < -0.39 is 15.8 Å². The summed E-state index contributed by atoms with van der Waals surface area (Å²) in [5, 5.41) is 13.6. The molecule has 0 saturated carbocycles. The maximum absolute atomic E-state index is 13.7. The van der Waals surface area contributed by atoms with Crippen molar-refractivity contribution in [3.05, 3.63) is 59.7 Å². The van der Waals surface area contributed by atoms with Gasteiger partial charge < -0.3 is 27.0 Å². The van der Waals surface area contributed by atoms with Gasteiger partial charge in [0.1, 0.15) is 5.84 Å². The monoisotopic (exact) mass is 554 g/mol. The van der Waals surface area contributed by atoms with Gasteiger partial charge in [0.2, 0.25) is 11.8 Å². The Morgan fingerprint density at radius 3 is 2.46 bits per heavy atom. The summed E-state index contributed by atoms with van der Waals surface area (Å²) in [4.78, 5) is 27.9. The molecule has 0 aromatic heterocycles. The number of anilines is 1. The molecule has 4 rings (SSSR count). The summed E-state index contributed by atoms with van der Waals surface area (Å²) in [5.74, 6) is -1.29. The van der Waals surface area contributed by atoms with Crippen LogP contribution in [0, 0.1) is 23.2 Å². The number of hydrogen-bond acceptors (Lipinski definition) is 7. The quantitative estimate of drug-likeness (QED) is 0.206. The van der Waals surface area contributed by atoms with Gasteiger partial charge in [-0.25, -0.2) is 8.42 Å². The van der Waals surface area contributed by atoms with Crippen LogP contribution in [-0.4, -0.2) is 69.4 Å². The van der Waals surface area contributed by atoms with Crippen LogP contribution in [0.4, 0.5) is 5.69 Å². The Hall–Kier alpha value is -3.28. The maximum atomic E-state index is 13.7. The first kappa shape index (κ1) is 28.7. The summed E-state index contributed by atoms with van der Waals surface area (Å²) < 4.78 is 27.2. The number of carbonyl (C=O) groups excluding carboxylic acids is 2. The minimum absolute atomic E-state index is 0.0592. The highest BCUT2D eigenvalue weighted by Gasteiger charge is 2.33. The van der Waals surface area contributed by atoms with Crippen LogP contribution < -0.4 is 22.1 Å². The summed E-state index contributed by atoms with van der Waals surface area (Å²) in [7, 11) is -3.87. The molecule has 7 N–H and O–H groups in total. The Kier molecular flexibility index (Phi) is 9.36. The van der Waals surface area contributed by atoms with Gasteiger partial charge in [-0.2, -0.15) is 0 Å². The molecule has 2 heterocycles. The molecule has 39 heavy (non-hydrogen) atoms. The van der Waals surface area contributed by atoms with Gasteiger partial charge in [-0.15, -0.1) is 0 Å². The molecule has 0 spiro atoms. The molecule has 0 aliphatic carbocycles. The van der Waals surface area contributed by atoms with E-state index in [4.69, 9.17) is 16.9 Å². The van der Waals surface area contributed by atoms with Crippen LogP contribution in [0.1, 0.15) is 30.4 Å².